The molecule has 4 nitrogen and oxygen atoms in total. The second-order valence-corrected chi connectivity index (χ2v) is 4.58. The van der Waals surface area contributed by atoms with E-state index in [0.717, 1.165) is 18.4 Å². The number of hydrogen-bond donors (Lipinski definition) is 2. The third-order valence-corrected chi connectivity index (χ3v) is 3.45. The lowest BCUT2D eigenvalue weighted by molar-refractivity contribution is -0.145. The monoisotopic (exact) mass is 265 g/mol. The number of aliphatic hydroxyl groups excluding tert-OH is 1. The van der Waals surface area contributed by atoms with Gasteiger partial charge in [-0.3, -0.25) is 9.69 Å². The van der Waals surface area contributed by atoms with E-state index in [-0.39, 0.29) is 12.6 Å². The van der Waals surface area contributed by atoms with Crippen molar-refractivity contribution in [2.75, 3.05) is 13.2 Å². The molecule has 0 saturated carbocycles. The van der Waals surface area contributed by atoms with Gasteiger partial charge in [-0.1, -0.05) is 44.2 Å². The number of benzene rings is 1. The fourth-order valence-corrected chi connectivity index (χ4v) is 2.51. The Morgan fingerprint density at radius 3 is 2.21 bits per heavy atom. The zero-order valence-corrected chi connectivity index (χ0v) is 11.6. The average molecular weight is 265 g/mol. The summed E-state index contributed by atoms with van der Waals surface area (Å²) < 4.78 is 0. The van der Waals surface area contributed by atoms with Crippen molar-refractivity contribution in [3.05, 3.63) is 35.9 Å². The minimum Gasteiger partial charge on any atom is -0.480 e. The first-order valence-electron chi connectivity index (χ1n) is 6.80. The van der Waals surface area contributed by atoms with E-state index in [4.69, 9.17) is 0 Å². The Kier molecular flexibility index (Phi) is 6.53. The highest BCUT2D eigenvalue weighted by Crippen LogP contribution is 2.25. The van der Waals surface area contributed by atoms with Crippen molar-refractivity contribution in [2.24, 2.45) is 0 Å². The van der Waals surface area contributed by atoms with E-state index in [9.17, 15) is 15.0 Å². The number of carboxylic acids is 1. The molecule has 0 heterocycles. The smallest absolute Gasteiger partial charge is 0.325 e. The molecule has 0 saturated heterocycles. The summed E-state index contributed by atoms with van der Waals surface area (Å²) in [6, 6.07) is 8.67. The van der Waals surface area contributed by atoms with E-state index in [1.165, 1.54) is 0 Å². The summed E-state index contributed by atoms with van der Waals surface area (Å²) in [6.45, 7) is 4.43. The van der Waals surface area contributed by atoms with E-state index >= 15 is 0 Å². The van der Waals surface area contributed by atoms with E-state index < -0.39 is 12.0 Å². The summed E-state index contributed by atoms with van der Waals surface area (Å²) in [5.41, 5.74) is 0.760. The first kappa shape index (κ1) is 15.7. The molecular formula is C15H23NO3. The summed E-state index contributed by atoms with van der Waals surface area (Å²) in [4.78, 5) is 13.5. The Balaban J connectivity index is 3.09. The number of rotatable bonds is 8. The first-order chi connectivity index (χ1) is 9.15. The van der Waals surface area contributed by atoms with Crippen molar-refractivity contribution >= 4 is 5.97 Å². The minimum absolute atomic E-state index is 0.0346. The van der Waals surface area contributed by atoms with Gasteiger partial charge >= 0.3 is 5.97 Å². The molecule has 1 unspecified atom stereocenters. The van der Waals surface area contributed by atoms with Gasteiger partial charge in [-0.25, -0.2) is 0 Å². The van der Waals surface area contributed by atoms with Crippen LogP contribution in [0.5, 0.6) is 0 Å². The zero-order valence-electron chi connectivity index (χ0n) is 11.6. The second kappa shape index (κ2) is 7.92. The molecule has 0 spiro atoms. The van der Waals surface area contributed by atoms with Crippen LogP contribution in [-0.2, 0) is 4.79 Å². The van der Waals surface area contributed by atoms with Crippen molar-refractivity contribution in [3.8, 4) is 0 Å². The Morgan fingerprint density at radius 2 is 1.79 bits per heavy atom. The SMILES string of the molecule is CCC(CC)N(CCO)C(C(=O)O)c1ccccc1. The van der Waals surface area contributed by atoms with Crippen LogP contribution in [0.3, 0.4) is 0 Å². The number of nitrogens with zero attached hydrogens (tertiary/aromatic N) is 1. The van der Waals surface area contributed by atoms with Crippen LogP contribution in [0.25, 0.3) is 0 Å². The van der Waals surface area contributed by atoms with E-state index in [1.54, 1.807) is 0 Å². The number of carboxylic acid groups (broad SMARTS) is 1. The van der Waals surface area contributed by atoms with Gasteiger partial charge in [0.2, 0.25) is 0 Å². The maximum atomic E-state index is 11.6. The summed E-state index contributed by atoms with van der Waals surface area (Å²) >= 11 is 0. The van der Waals surface area contributed by atoms with Crippen LogP contribution in [-0.4, -0.2) is 40.3 Å². The van der Waals surface area contributed by atoms with Crippen LogP contribution in [0.1, 0.15) is 38.3 Å². The number of aliphatic hydroxyl groups is 1. The number of carbonyl (C=O) groups is 1. The quantitative estimate of drug-likeness (QED) is 0.757. The lowest BCUT2D eigenvalue weighted by Crippen LogP contribution is -2.43. The summed E-state index contributed by atoms with van der Waals surface area (Å²) in [7, 11) is 0. The van der Waals surface area contributed by atoms with Crippen LogP contribution >= 0.6 is 0 Å². The lowest BCUT2D eigenvalue weighted by Gasteiger charge is -2.35. The molecule has 1 rings (SSSR count). The number of hydrogen-bond acceptors (Lipinski definition) is 3. The van der Waals surface area contributed by atoms with E-state index in [2.05, 4.69) is 0 Å². The molecule has 0 amide bonds. The Bertz CT molecular complexity index is 376. The molecular weight excluding hydrogens is 242 g/mol. The zero-order chi connectivity index (χ0) is 14.3. The highest BCUT2D eigenvalue weighted by atomic mass is 16.4. The minimum atomic E-state index is -0.869. The molecule has 0 aliphatic carbocycles. The van der Waals surface area contributed by atoms with Crippen LogP contribution < -0.4 is 0 Å². The van der Waals surface area contributed by atoms with Crippen LogP contribution in [0.2, 0.25) is 0 Å². The fraction of sp³-hybridized carbons (Fsp3) is 0.533. The largest absolute Gasteiger partial charge is 0.480 e. The highest BCUT2D eigenvalue weighted by molar-refractivity contribution is 5.75. The molecule has 0 aliphatic heterocycles. The van der Waals surface area contributed by atoms with Gasteiger partial charge in [-0.15, -0.1) is 0 Å². The van der Waals surface area contributed by atoms with Gasteiger partial charge < -0.3 is 10.2 Å². The predicted octanol–water partition coefficient (Wildman–Crippen LogP) is 2.30. The molecule has 0 radical (unpaired) electrons. The van der Waals surface area contributed by atoms with Gasteiger partial charge in [0.1, 0.15) is 6.04 Å². The first-order valence-corrected chi connectivity index (χ1v) is 6.80. The van der Waals surface area contributed by atoms with E-state index in [0.29, 0.717) is 6.54 Å². The molecule has 0 aromatic heterocycles. The molecule has 1 aromatic rings. The van der Waals surface area contributed by atoms with Crippen LogP contribution in [0, 0.1) is 0 Å². The summed E-state index contributed by atoms with van der Waals surface area (Å²) in [5.74, 6) is -0.869. The summed E-state index contributed by atoms with van der Waals surface area (Å²) in [6.07, 6.45) is 1.74. The molecule has 1 aromatic carbocycles. The Hall–Kier alpha value is -1.39. The van der Waals surface area contributed by atoms with Crippen molar-refractivity contribution < 1.29 is 15.0 Å². The summed E-state index contributed by atoms with van der Waals surface area (Å²) in [5, 5.41) is 18.8. The second-order valence-electron chi connectivity index (χ2n) is 4.58. The van der Waals surface area contributed by atoms with Gasteiger partial charge in [0.05, 0.1) is 6.61 Å². The Labute approximate surface area is 114 Å². The molecule has 1 atom stereocenters. The molecule has 106 valence electrons. The van der Waals surface area contributed by atoms with Gasteiger partial charge in [-0.2, -0.15) is 0 Å². The number of aliphatic carboxylic acids is 1. The molecule has 0 fully saturated rings. The van der Waals surface area contributed by atoms with Crippen LogP contribution in [0.4, 0.5) is 0 Å². The van der Waals surface area contributed by atoms with Crippen molar-refractivity contribution in [1.82, 2.24) is 4.90 Å². The molecule has 0 bridgehead atoms. The van der Waals surface area contributed by atoms with Crippen molar-refractivity contribution in [3.63, 3.8) is 0 Å². The normalized spacial score (nSPS) is 12.9. The van der Waals surface area contributed by atoms with Crippen molar-refractivity contribution in [2.45, 2.75) is 38.8 Å². The lowest BCUT2D eigenvalue weighted by atomic mass is 10.0. The van der Waals surface area contributed by atoms with Gasteiger partial charge in [-0.05, 0) is 18.4 Å². The van der Waals surface area contributed by atoms with E-state index in [1.807, 2.05) is 49.1 Å². The maximum Gasteiger partial charge on any atom is 0.325 e. The van der Waals surface area contributed by atoms with Gasteiger partial charge in [0.15, 0.2) is 0 Å². The molecule has 4 heteroatoms. The Morgan fingerprint density at radius 1 is 1.21 bits per heavy atom. The highest BCUT2D eigenvalue weighted by Gasteiger charge is 2.30. The van der Waals surface area contributed by atoms with Gasteiger partial charge in [0.25, 0.3) is 0 Å². The fourth-order valence-electron chi connectivity index (χ4n) is 2.51. The standard InChI is InChI=1S/C15H23NO3/c1-3-13(4-2)16(10-11-17)14(15(18)19)12-8-6-5-7-9-12/h5-9,13-14,17H,3-4,10-11H2,1-2H3,(H,18,19). The molecule has 0 aliphatic rings. The van der Waals surface area contributed by atoms with Crippen molar-refractivity contribution in [1.29, 1.82) is 0 Å². The average Bonchev–Trinajstić information content (AvgIpc) is 2.41. The predicted molar refractivity (Wildman–Crippen MR) is 75.0 cm³/mol. The van der Waals surface area contributed by atoms with Gasteiger partial charge in [0, 0.05) is 12.6 Å². The molecule has 19 heavy (non-hydrogen) atoms. The maximum absolute atomic E-state index is 11.6. The molecule has 2 N–H and O–H groups in total. The third kappa shape index (κ3) is 4.04. The topological polar surface area (TPSA) is 60.8 Å². The third-order valence-electron chi connectivity index (χ3n) is 3.45. The van der Waals surface area contributed by atoms with Crippen LogP contribution in [0.15, 0.2) is 30.3 Å².